The summed E-state index contributed by atoms with van der Waals surface area (Å²) in [6, 6.07) is 6.40. The number of hydrogen-bond acceptors (Lipinski definition) is 3. The molecule has 0 heterocycles. The summed E-state index contributed by atoms with van der Waals surface area (Å²) in [5.74, 6) is -0.168. The fourth-order valence-corrected chi connectivity index (χ4v) is 3.48. The average molecular weight is 345 g/mol. The summed E-state index contributed by atoms with van der Waals surface area (Å²) in [4.78, 5) is 28.4. The molecule has 0 aromatic heterocycles. The van der Waals surface area contributed by atoms with Gasteiger partial charge in [0.25, 0.3) is 0 Å². The Bertz CT molecular complexity index is 589. The molecule has 1 aromatic rings. The van der Waals surface area contributed by atoms with Crippen LogP contribution < -0.4 is 5.32 Å². The predicted molar refractivity (Wildman–Crippen MR) is 102 cm³/mol. The van der Waals surface area contributed by atoms with E-state index in [9.17, 15) is 9.59 Å². The maximum Gasteiger partial charge on any atom is 0.243 e. The minimum Gasteiger partial charge on any atom is -0.335 e. The Morgan fingerprint density at radius 3 is 2.24 bits per heavy atom. The summed E-state index contributed by atoms with van der Waals surface area (Å²) in [6.07, 6.45) is 6.13. The maximum absolute atomic E-state index is 12.4. The van der Waals surface area contributed by atoms with Crippen molar-refractivity contribution >= 4 is 17.5 Å². The Balaban J connectivity index is 1.84. The second-order valence-electron chi connectivity index (χ2n) is 7.27. The number of hydrogen-bond donors (Lipinski definition) is 1. The summed E-state index contributed by atoms with van der Waals surface area (Å²) in [5, 5.41) is 2.93. The molecule has 1 aromatic carbocycles. The Labute approximate surface area is 151 Å². The number of likely N-dealkylation sites (N-methyl/N-ethyl adjacent to an activating group) is 2. The molecule has 138 valence electrons. The van der Waals surface area contributed by atoms with Crippen LogP contribution in [0.25, 0.3) is 0 Å². The van der Waals surface area contributed by atoms with Gasteiger partial charge in [0.1, 0.15) is 0 Å². The molecule has 5 heteroatoms. The van der Waals surface area contributed by atoms with Crippen LogP contribution in [0.3, 0.4) is 0 Å². The van der Waals surface area contributed by atoms with Gasteiger partial charge in [-0.15, -0.1) is 0 Å². The molecule has 0 atom stereocenters. The number of amides is 2. The topological polar surface area (TPSA) is 52.7 Å². The smallest absolute Gasteiger partial charge is 0.243 e. The van der Waals surface area contributed by atoms with Crippen molar-refractivity contribution < 1.29 is 9.59 Å². The molecule has 0 unspecified atom stereocenters. The first-order chi connectivity index (χ1) is 11.9. The van der Waals surface area contributed by atoms with E-state index in [1.165, 1.54) is 37.0 Å². The summed E-state index contributed by atoms with van der Waals surface area (Å²) in [6.45, 7) is 4.39. The number of carbonyl (C=O) groups is 2. The van der Waals surface area contributed by atoms with Crippen LogP contribution in [0.1, 0.15) is 43.2 Å². The van der Waals surface area contributed by atoms with Gasteiger partial charge in [-0.25, -0.2) is 0 Å². The second kappa shape index (κ2) is 8.99. The van der Waals surface area contributed by atoms with Crippen LogP contribution in [0.5, 0.6) is 0 Å². The monoisotopic (exact) mass is 345 g/mol. The second-order valence-corrected chi connectivity index (χ2v) is 7.27. The zero-order chi connectivity index (χ0) is 18.4. The molecule has 2 amide bonds. The Morgan fingerprint density at radius 2 is 1.64 bits per heavy atom. The van der Waals surface area contributed by atoms with E-state index in [4.69, 9.17) is 0 Å². The van der Waals surface area contributed by atoms with Crippen LogP contribution in [0.2, 0.25) is 0 Å². The number of benzene rings is 1. The number of anilines is 1. The molecule has 0 saturated heterocycles. The van der Waals surface area contributed by atoms with Crippen LogP contribution in [-0.2, 0) is 9.59 Å². The Kier molecular flexibility index (Phi) is 7.00. The third kappa shape index (κ3) is 5.56. The van der Waals surface area contributed by atoms with Crippen LogP contribution in [0.15, 0.2) is 18.2 Å². The molecule has 5 nitrogen and oxygen atoms in total. The van der Waals surface area contributed by atoms with Crippen molar-refractivity contribution in [2.75, 3.05) is 32.5 Å². The Hall–Kier alpha value is -1.88. The fraction of sp³-hybridized carbons (Fsp3) is 0.600. The number of nitrogens with zero attached hydrogens (tertiary/aromatic N) is 2. The highest BCUT2D eigenvalue weighted by Gasteiger charge is 2.22. The third-order valence-corrected chi connectivity index (χ3v) is 5.13. The molecule has 1 aliphatic carbocycles. The minimum absolute atomic E-state index is 0.00951. The average Bonchev–Trinajstić information content (AvgIpc) is 2.59. The van der Waals surface area contributed by atoms with Gasteiger partial charge in [-0.3, -0.25) is 14.5 Å². The molecule has 1 aliphatic rings. The normalized spacial score (nSPS) is 15.2. The summed E-state index contributed by atoms with van der Waals surface area (Å²) < 4.78 is 0. The molecule has 0 radical (unpaired) electrons. The largest absolute Gasteiger partial charge is 0.335 e. The van der Waals surface area contributed by atoms with Gasteiger partial charge in [0.2, 0.25) is 11.8 Å². The van der Waals surface area contributed by atoms with Crippen molar-refractivity contribution in [3.05, 3.63) is 29.3 Å². The van der Waals surface area contributed by atoms with E-state index in [0.717, 1.165) is 16.8 Å². The van der Waals surface area contributed by atoms with Gasteiger partial charge in [0.15, 0.2) is 0 Å². The van der Waals surface area contributed by atoms with Crippen molar-refractivity contribution in [3.63, 3.8) is 0 Å². The van der Waals surface area contributed by atoms with Gasteiger partial charge in [0.05, 0.1) is 13.1 Å². The van der Waals surface area contributed by atoms with E-state index in [1.54, 1.807) is 7.05 Å². The van der Waals surface area contributed by atoms with Gasteiger partial charge < -0.3 is 10.2 Å². The predicted octanol–water partition coefficient (Wildman–Crippen LogP) is 2.96. The zero-order valence-electron chi connectivity index (χ0n) is 16.0. The van der Waals surface area contributed by atoms with E-state index in [0.29, 0.717) is 12.6 Å². The minimum atomic E-state index is -0.159. The number of para-hydroxylation sites is 1. The number of aryl methyl sites for hydroxylation is 2. The lowest BCUT2D eigenvalue weighted by Gasteiger charge is -2.31. The van der Waals surface area contributed by atoms with E-state index in [-0.39, 0.29) is 18.4 Å². The van der Waals surface area contributed by atoms with Crippen LogP contribution >= 0.6 is 0 Å². The van der Waals surface area contributed by atoms with Crippen LogP contribution in [0.4, 0.5) is 5.69 Å². The molecular weight excluding hydrogens is 314 g/mol. The standard InChI is InChI=1S/C20H31N3O2/c1-15-9-8-10-16(2)20(15)21-18(24)13-23(4)19(25)14-22(3)17-11-6-5-7-12-17/h8-10,17H,5-7,11-14H2,1-4H3,(H,21,24). The van der Waals surface area contributed by atoms with Crippen molar-refractivity contribution in [1.82, 2.24) is 9.80 Å². The van der Waals surface area contributed by atoms with Crippen LogP contribution in [0, 0.1) is 13.8 Å². The number of rotatable bonds is 6. The summed E-state index contributed by atoms with van der Waals surface area (Å²) in [7, 11) is 3.71. The summed E-state index contributed by atoms with van der Waals surface area (Å²) >= 11 is 0. The third-order valence-electron chi connectivity index (χ3n) is 5.13. The van der Waals surface area contributed by atoms with Crippen molar-refractivity contribution in [2.24, 2.45) is 0 Å². The highest BCUT2D eigenvalue weighted by atomic mass is 16.2. The molecule has 0 aliphatic heterocycles. The first-order valence-electron chi connectivity index (χ1n) is 9.18. The Morgan fingerprint density at radius 1 is 1.04 bits per heavy atom. The SMILES string of the molecule is Cc1cccc(C)c1NC(=O)CN(C)C(=O)CN(C)C1CCCCC1. The molecule has 25 heavy (non-hydrogen) atoms. The van der Waals surface area contributed by atoms with Gasteiger partial charge in [-0.05, 0) is 44.9 Å². The van der Waals surface area contributed by atoms with Crippen LogP contribution in [-0.4, -0.2) is 54.8 Å². The van der Waals surface area contributed by atoms with Gasteiger partial charge in [0, 0.05) is 18.8 Å². The van der Waals surface area contributed by atoms with E-state index >= 15 is 0 Å². The zero-order valence-corrected chi connectivity index (χ0v) is 16.0. The van der Waals surface area contributed by atoms with Crippen molar-refractivity contribution in [3.8, 4) is 0 Å². The first-order valence-corrected chi connectivity index (χ1v) is 9.18. The first kappa shape index (κ1) is 19.4. The number of carbonyl (C=O) groups excluding carboxylic acids is 2. The van der Waals surface area contributed by atoms with E-state index < -0.39 is 0 Å². The van der Waals surface area contributed by atoms with E-state index in [2.05, 4.69) is 10.2 Å². The van der Waals surface area contributed by atoms with E-state index in [1.807, 2.05) is 39.1 Å². The van der Waals surface area contributed by atoms with Gasteiger partial charge in [-0.2, -0.15) is 0 Å². The molecule has 1 saturated carbocycles. The molecule has 2 rings (SSSR count). The molecule has 1 fully saturated rings. The van der Waals surface area contributed by atoms with Crippen molar-refractivity contribution in [1.29, 1.82) is 0 Å². The van der Waals surface area contributed by atoms with Crippen molar-refractivity contribution in [2.45, 2.75) is 52.0 Å². The quantitative estimate of drug-likeness (QED) is 0.862. The fourth-order valence-electron chi connectivity index (χ4n) is 3.48. The van der Waals surface area contributed by atoms with Gasteiger partial charge in [-0.1, -0.05) is 37.5 Å². The molecule has 0 spiro atoms. The van der Waals surface area contributed by atoms with Gasteiger partial charge >= 0.3 is 0 Å². The lowest BCUT2D eigenvalue weighted by molar-refractivity contribution is -0.134. The maximum atomic E-state index is 12.4. The molecule has 0 bridgehead atoms. The highest BCUT2D eigenvalue weighted by molar-refractivity contribution is 5.95. The number of nitrogens with one attached hydrogen (secondary N) is 1. The molecular formula is C20H31N3O2. The molecule has 1 N–H and O–H groups in total. The lowest BCUT2D eigenvalue weighted by atomic mass is 9.94. The summed E-state index contributed by atoms with van der Waals surface area (Å²) in [5.41, 5.74) is 2.89. The highest BCUT2D eigenvalue weighted by Crippen LogP contribution is 2.21. The lowest BCUT2D eigenvalue weighted by Crippen LogP contribution is -2.44.